The molecular formula is C18H26F3N5O2. The lowest BCUT2D eigenvalue weighted by Crippen LogP contribution is -2.31. The summed E-state index contributed by atoms with van der Waals surface area (Å²) in [6, 6.07) is 3.30. The lowest BCUT2D eigenvalue weighted by atomic mass is 10.1. The number of nitrogens with zero attached hydrogens (tertiary/aromatic N) is 1. The summed E-state index contributed by atoms with van der Waals surface area (Å²) in [6.07, 6.45) is -1.48. The summed E-state index contributed by atoms with van der Waals surface area (Å²) in [4.78, 5) is 16.5. The third-order valence-electron chi connectivity index (χ3n) is 3.47. The van der Waals surface area contributed by atoms with E-state index in [9.17, 15) is 18.0 Å². The maximum atomic E-state index is 12.2. The van der Waals surface area contributed by atoms with E-state index < -0.39 is 24.6 Å². The van der Waals surface area contributed by atoms with Gasteiger partial charge in [0.05, 0.1) is 11.7 Å². The maximum absolute atomic E-state index is 12.2. The largest absolute Gasteiger partial charge is 0.470 e. The van der Waals surface area contributed by atoms with Crippen LogP contribution in [0.15, 0.2) is 35.9 Å². The lowest BCUT2D eigenvalue weighted by molar-refractivity contribution is -0.165. The van der Waals surface area contributed by atoms with Crippen LogP contribution >= 0.6 is 0 Å². The first-order valence-electron chi connectivity index (χ1n) is 8.67. The quantitative estimate of drug-likeness (QED) is 0.287. The number of halogens is 3. The molecule has 28 heavy (non-hydrogen) atoms. The third-order valence-corrected chi connectivity index (χ3v) is 3.47. The van der Waals surface area contributed by atoms with Crippen molar-refractivity contribution in [3.63, 3.8) is 0 Å². The van der Waals surface area contributed by atoms with E-state index in [-0.39, 0.29) is 11.7 Å². The van der Waals surface area contributed by atoms with E-state index in [1.807, 2.05) is 26.0 Å². The minimum absolute atomic E-state index is 0.222. The highest BCUT2D eigenvalue weighted by Gasteiger charge is 2.28. The van der Waals surface area contributed by atoms with Crippen LogP contribution in [-0.4, -0.2) is 30.2 Å². The van der Waals surface area contributed by atoms with Crippen LogP contribution < -0.4 is 22.1 Å². The van der Waals surface area contributed by atoms with Gasteiger partial charge in [0.2, 0.25) is 0 Å². The van der Waals surface area contributed by atoms with E-state index in [1.54, 1.807) is 6.92 Å². The van der Waals surface area contributed by atoms with Gasteiger partial charge in [0.25, 0.3) is 5.91 Å². The predicted molar refractivity (Wildman–Crippen MR) is 101 cm³/mol. The highest BCUT2D eigenvalue weighted by atomic mass is 19.4. The number of ether oxygens (including phenoxy) is 1. The monoisotopic (exact) mass is 401 g/mol. The molecule has 0 aliphatic heterocycles. The van der Waals surface area contributed by atoms with Crippen LogP contribution in [0.3, 0.4) is 0 Å². The number of carbonyl (C=O) groups excluding carboxylic acids is 1. The minimum atomic E-state index is -4.51. The molecule has 0 aliphatic rings. The molecule has 0 bridgehead atoms. The normalized spacial score (nSPS) is 13.8. The van der Waals surface area contributed by atoms with E-state index in [2.05, 4.69) is 20.4 Å². The summed E-state index contributed by atoms with van der Waals surface area (Å²) >= 11 is 0. The van der Waals surface area contributed by atoms with Crippen molar-refractivity contribution in [1.29, 1.82) is 0 Å². The Morgan fingerprint density at radius 2 is 2.00 bits per heavy atom. The zero-order valence-electron chi connectivity index (χ0n) is 16.1. The Labute approximate surface area is 162 Å². The van der Waals surface area contributed by atoms with E-state index in [4.69, 9.17) is 11.5 Å². The van der Waals surface area contributed by atoms with Crippen molar-refractivity contribution in [2.45, 2.75) is 39.4 Å². The molecule has 156 valence electrons. The number of allylic oxidation sites excluding steroid dienone is 2. The van der Waals surface area contributed by atoms with Crippen molar-refractivity contribution >= 4 is 11.7 Å². The Balaban J connectivity index is 2.74. The molecule has 1 aromatic rings. The van der Waals surface area contributed by atoms with Crippen LogP contribution in [0.5, 0.6) is 0 Å². The first kappa shape index (κ1) is 23.1. The Kier molecular flexibility index (Phi) is 8.62. The number of aryl methyl sites for hydroxylation is 1. The molecule has 1 rings (SSSR count). The second-order valence-corrected chi connectivity index (χ2v) is 6.14. The number of aromatic nitrogens is 1. The molecule has 0 radical (unpaired) electrons. The van der Waals surface area contributed by atoms with Crippen LogP contribution in [0.2, 0.25) is 0 Å². The number of nitrogens with two attached hydrogens (primary N) is 2. The van der Waals surface area contributed by atoms with Gasteiger partial charge in [0, 0.05) is 12.2 Å². The number of nitrogens with one attached hydrogen (secondary N) is 2. The van der Waals surface area contributed by atoms with Crippen molar-refractivity contribution in [2.75, 3.05) is 18.5 Å². The molecule has 1 heterocycles. The SMILES string of the molecule is CCCNc1cc(C(C)NC(=O)/C(N)=C/C=C(\N)OCC(F)(F)F)cc(C)n1. The van der Waals surface area contributed by atoms with Crippen LogP contribution in [0, 0.1) is 6.92 Å². The standard InChI is InChI=1S/C18H26F3N5O2/c1-4-7-24-16-9-13(8-11(2)25-16)12(3)26-17(27)14(22)5-6-15(23)28-10-18(19,20)21/h5-6,8-9,12H,4,7,10,22-23H2,1-3H3,(H,24,25)(H,26,27)/b14-5-,15-6+. The maximum Gasteiger partial charge on any atom is 0.422 e. The minimum Gasteiger partial charge on any atom is -0.470 e. The summed E-state index contributed by atoms with van der Waals surface area (Å²) in [5.74, 6) is -0.388. The van der Waals surface area contributed by atoms with Crippen molar-refractivity contribution in [1.82, 2.24) is 10.3 Å². The van der Waals surface area contributed by atoms with Crippen LogP contribution in [-0.2, 0) is 9.53 Å². The first-order chi connectivity index (χ1) is 13.0. The van der Waals surface area contributed by atoms with Crippen molar-refractivity contribution in [3.05, 3.63) is 47.1 Å². The van der Waals surface area contributed by atoms with Gasteiger partial charge in [-0.3, -0.25) is 4.79 Å². The third kappa shape index (κ3) is 8.65. The zero-order chi connectivity index (χ0) is 21.3. The van der Waals surface area contributed by atoms with Gasteiger partial charge < -0.3 is 26.8 Å². The highest BCUT2D eigenvalue weighted by molar-refractivity contribution is 5.93. The number of hydrogen-bond acceptors (Lipinski definition) is 6. The fourth-order valence-electron chi connectivity index (χ4n) is 2.11. The molecule has 7 nitrogen and oxygen atoms in total. The van der Waals surface area contributed by atoms with Crippen molar-refractivity contribution in [2.24, 2.45) is 11.5 Å². The topological polar surface area (TPSA) is 115 Å². The molecule has 0 aromatic carbocycles. The molecule has 0 saturated carbocycles. The molecule has 6 N–H and O–H groups in total. The van der Waals surface area contributed by atoms with E-state index in [0.717, 1.165) is 36.4 Å². The van der Waals surface area contributed by atoms with Gasteiger partial charge >= 0.3 is 6.18 Å². The van der Waals surface area contributed by atoms with Gasteiger partial charge in [-0.2, -0.15) is 13.2 Å². The molecule has 1 aromatic heterocycles. The Bertz CT molecular complexity index is 732. The van der Waals surface area contributed by atoms with Gasteiger partial charge in [-0.25, -0.2) is 4.98 Å². The summed E-state index contributed by atoms with van der Waals surface area (Å²) in [6.45, 7) is 4.91. The van der Waals surface area contributed by atoms with E-state index >= 15 is 0 Å². The van der Waals surface area contributed by atoms with Crippen LogP contribution in [0.4, 0.5) is 19.0 Å². The molecule has 10 heteroatoms. The van der Waals surface area contributed by atoms with Gasteiger partial charge in [0.15, 0.2) is 12.5 Å². The van der Waals surface area contributed by atoms with Crippen LogP contribution in [0.25, 0.3) is 0 Å². The summed E-state index contributed by atoms with van der Waals surface area (Å²) in [5, 5.41) is 5.89. The molecule has 1 unspecified atom stereocenters. The van der Waals surface area contributed by atoms with Crippen molar-refractivity contribution in [3.8, 4) is 0 Å². The van der Waals surface area contributed by atoms with Gasteiger partial charge in [-0.05, 0) is 50.1 Å². The van der Waals surface area contributed by atoms with Gasteiger partial charge in [-0.15, -0.1) is 0 Å². The number of pyridine rings is 1. The number of amides is 1. The number of anilines is 1. The first-order valence-corrected chi connectivity index (χ1v) is 8.67. The second-order valence-electron chi connectivity index (χ2n) is 6.14. The molecule has 1 amide bonds. The fraction of sp³-hybridized carbons (Fsp3) is 0.444. The fourth-order valence-corrected chi connectivity index (χ4v) is 2.11. The number of alkyl halides is 3. The molecule has 0 saturated heterocycles. The molecule has 0 spiro atoms. The van der Waals surface area contributed by atoms with E-state index in [0.29, 0.717) is 5.82 Å². The second kappa shape index (κ2) is 10.4. The van der Waals surface area contributed by atoms with Gasteiger partial charge in [0.1, 0.15) is 5.82 Å². The number of rotatable bonds is 9. The molecular weight excluding hydrogens is 375 g/mol. The summed E-state index contributed by atoms with van der Waals surface area (Å²) in [5.41, 5.74) is 12.3. The van der Waals surface area contributed by atoms with Gasteiger partial charge in [-0.1, -0.05) is 6.92 Å². The van der Waals surface area contributed by atoms with E-state index in [1.165, 1.54) is 0 Å². The zero-order valence-corrected chi connectivity index (χ0v) is 16.1. The average Bonchev–Trinajstić information content (AvgIpc) is 2.61. The molecule has 0 fully saturated rings. The summed E-state index contributed by atoms with van der Waals surface area (Å²) in [7, 11) is 0. The molecule has 1 atom stereocenters. The molecule has 0 aliphatic carbocycles. The average molecular weight is 401 g/mol. The Hall–Kier alpha value is -2.91. The van der Waals surface area contributed by atoms with Crippen molar-refractivity contribution < 1.29 is 22.7 Å². The Morgan fingerprint density at radius 3 is 2.61 bits per heavy atom. The van der Waals surface area contributed by atoms with Crippen LogP contribution in [0.1, 0.15) is 37.6 Å². The number of carbonyl (C=O) groups is 1. The smallest absolute Gasteiger partial charge is 0.422 e. The predicted octanol–water partition coefficient (Wildman–Crippen LogP) is 2.61. The number of hydrogen-bond donors (Lipinski definition) is 4. The summed E-state index contributed by atoms with van der Waals surface area (Å²) < 4.78 is 40.5. The lowest BCUT2D eigenvalue weighted by Gasteiger charge is -2.16. The Morgan fingerprint density at radius 1 is 1.32 bits per heavy atom. The highest BCUT2D eigenvalue weighted by Crippen LogP contribution is 2.18.